The van der Waals surface area contributed by atoms with E-state index in [4.69, 9.17) is 0 Å². The van der Waals surface area contributed by atoms with Crippen LogP contribution in [0.5, 0.6) is 0 Å². The predicted octanol–water partition coefficient (Wildman–Crippen LogP) is 1.09. The molecular formula is C13H16BrN3O3S. The van der Waals surface area contributed by atoms with Crippen molar-refractivity contribution in [3.05, 3.63) is 28.5 Å². The number of aromatic nitrogens is 1. The molecule has 1 aliphatic carbocycles. The Morgan fingerprint density at radius 1 is 1.19 bits per heavy atom. The van der Waals surface area contributed by atoms with Gasteiger partial charge < -0.3 is 4.90 Å². The molecule has 1 saturated carbocycles. The maximum atomic E-state index is 12.4. The average molecular weight is 374 g/mol. The number of sulfonamides is 1. The molecule has 8 heteroatoms. The topological polar surface area (TPSA) is 70.6 Å². The van der Waals surface area contributed by atoms with Crippen LogP contribution in [0, 0.1) is 0 Å². The minimum atomic E-state index is -3.13. The lowest BCUT2D eigenvalue weighted by Crippen LogP contribution is -2.51. The van der Waals surface area contributed by atoms with Crippen molar-refractivity contribution in [2.24, 2.45) is 0 Å². The summed E-state index contributed by atoms with van der Waals surface area (Å²) >= 11 is 3.29. The van der Waals surface area contributed by atoms with E-state index in [0.717, 1.165) is 17.3 Å². The van der Waals surface area contributed by atoms with Gasteiger partial charge in [0.2, 0.25) is 10.0 Å². The first kappa shape index (κ1) is 14.9. The summed E-state index contributed by atoms with van der Waals surface area (Å²) in [6.45, 7) is 1.62. The van der Waals surface area contributed by atoms with E-state index in [9.17, 15) is 13.2 Å². The van der Waals surface area contributed by atoms with Crippen molar-refractivity contribution in [1.29, 1.82) is 0 Å². The second-order valence-corrected chi connectivity index (χ2v) is 8.46. The Balaban J connectivity index is 1.64. The van der Waals surface area contributed by atoms with Gasteiger partial charge in [0, 0.05) is 43.0 Å². The summed E-state index contributed by atoms with van der Waals surface area (Å²) < 4.78 is 26.6. The van der Waals surface area contributed by atoms with Crippen LogP contribution in [0.25, 0.3) is 0 Å². The zero-order valence-electron chi connectivity index (χ0n) is 11.4. The Morgan fingerprint density at radius 3 is 2.43 bits per heavy atom. The molecule has 2 aliphatic rings. The second kappa shape index (κ2) is 5.66. The SMILES string of the molecule is O=C(c1cncc(Br)c1)N1CCN(S(=O)(=O)C2CC2)CC1. The lowest BCUT2D eigenvalue weighted by molar-refractivity contribution is 0.0697. The number of hydrogen-bond acceptors (Lipinski definition) is 4. The maximum absolute atomic E-state index is 12.4. The summed E-state index contributed by atoms with van der Waals surface area (Å²) in [5.74, 6) is -0.104. The Bertz CT molecular complexity index is 652. The highest BCUT2D eigenvalue weighted by Crippen LogP contribution is 2.31. The van der Waals surface area contributed by atoms with E-state index in [1.54, 1.807) is 17.2 Å². The predicted molar refractivity (Wildman–Crippen MR) is 81.4 cm³/mol. The van der Waals surface area contributed by atoms with Crippen LogP contribution >= 0.6 is 15.9 Å². The van der Waals surface area contributed by atoms with Gasteiger partial charge in [-0.25, -0.2) is 8.42 Å². The molecule has 2 heterocycles. The number of carbonyl (C=O) groups is 1. The van der Waals surface area contributed by atoms with Gasteiger partial charge in [0.05, 0.1) is 10.8 Å². The van der Waals surface area contributed by atoms with Gasteiger partial charge in [-0.3, -0.25) is 9.78 Å². The van der Waals surface area contributed by atoms with Crippen LogP contribution < -0.4 is 0 Å². The van der Waals surface area contributed by atoms with Gasteiger partial charge in [0.15, 0.2) is 0 Å². The van der Waals surface area contributed by atoms with Crippen LogP contribution in [0.1, 0.15) is 23.2 Å². The Kier molecular flexibility index (Phi) is 4.02. The van der Waals surface area contributed by atoms with Crippen LogP contribution in [-0.4, -0.2) is 59.9 Å². The first-order chi connectivity index (χ1) is 9.98. The highest BCUT2D eigenvalue weighted by atomic mass is 79.9. The third-order valence-electron chi connectivity index (χ3n) is 3.78. The molecule has 2 fully saturated rings. The van der Waals surface area contributed by atoms with Gasteiger partial charge in [0.1, 0.15) is 0 Å². The lowest BCUT2D eigenvalue weighted by atomic mass is 10.2. The van der Waals surface area contributed by atoms with E-state index in [1.165, 1.54) is 10.5 Å². The standard InChI is InChI=1S/C13H16BrN3O3S/c14-11-7-10(8-15-9-11)13(18)16-3-5-17(6-4-16)21(19,20)12-1-2-12/h7-9,12H,1-6H2. The van der Waals surface area contributed by atoms with Crippen LogP contribution in [0.15, 0.2) is 22.9 Å². The molecular weight excluding hydrogens is 358 g/mol. The normalized spacial score (nSPS) is 20.5. The first-order valence-corrected chi connectivity index (χ1v) is 9.17. The van der Waals surface area contributed by atoms with Crippen molar-refractivity contribution in [3.8, 4) is 0 Å². The van der Waals surface area contributed by atoms with E-state index in [1.807, 2.05) is 0 Å². The summed E-state index contributed by atoms with van der Waals surface area (Å²) in [5.41, 5.74) is 0.517. The molecule has 0 aromatic carbocycles. The summed E-state index contributed by atoms with van der Waals surface area (Å²) in [5, 5.41) is -0.186. The van der Waals surface area contributed by atoms with E-state index in [-0.39, 0.29) is 11.2 Å². The smallest absolute Gasteiger partial charge is 0.255 e. The number of rotatable bonds is 3. The fourth-order valence-electron chi connectivity index (χ4n) is 2.43. The Labute approximate surface area is 132 Å². The third-order valence-corrected chi connectivity index (χ3v) is 6.62. The molecule has 114 valence electrons. The van der Waals surface area contributed by atoms with Gasteiger partial charge >= 0.3 is 0 Å². The zero-order chi connectivity index (χ0) is 15.0. The van der Waals surface area contributed by atoms with Crippen LogP contribution in [0.2, 0.25) is 0 Å². The summed E-state index contributed by atoms with van der Waals surface area (Å²) in [6.07, 6.45) is 4.69. The number of halogens is 1. The van der Waals surface area contributed by atoms with Crippen molar-refractivity contribution in [2.45, 2.75) is 18.1 Å². The van der Waals surface area contributed by atoms with E-state index in [0.29, 0.717) is 31.7 Å². The molecule has 0 radical (unpaired) electrons. The molecule has 0 atom stereocenters. The maximum Gasteiger partial charge on any atom is 0.255 e. The number of amides is 1. The highest BCUT2D eigenvalue weighted by Gasteiger charge is 2.41. The molecule has 1 saturated heterocycles. The van der Waals surface area contributed by atoms with Crippen LogP contribution in [-0.2, 0) is 10.0 Å². The summed E-state index contributed by atoms with van der Waals surface area (Å²) in [7, 11) is -3.13. The molecule has 6 nitrogen and oxygen atoms in total. The van der Waals surface area contributed by atoms with Crippen molar-refractivity contribution in [1.82, 2.24) is 14.2 Å². The Hall–Kier alpha value is -0.990. The highest BCUT2D eigenvalue weighted by molar-refractivity contribution is 9.10. The van der Waals surface area contributed by atoms with Crippen molar-refractivity contribution in [3.63, 3.8) is 0 Å². The van der Waals surface area contributed by atoms with E-state index >= 15 is 0 Å². The Morgan fingerprint density at radius 2 is 1.86 bits per heavy atom. The van der Waals surface area contributed by atoms with Crippen LogP contribution in [0.4, 0.5) is 0 Å². The number of piperazine rings is 1. The molecule has 0 bridgehead atoms. The van der Waals surface area contributed by atoms with Gasteiger partial charge in [-0.1, -0.05) is 0 Å². The summed E-state index contributed by atoms with van der Waals surface area (Å²) in [4.78, 5) is 18.0. The monoisotopic (exact) mass is 373 g/mol. The van der Waals surface area contributed by atoms with E-state index in [2.05, 4.69) is 20.9 Å². The lowest BCUT2D eigenvalue weighted by Gasteiger charge is -2.34. The number of pyridine rings is 1. The minimum absolute atomic E-state index is 0.104. The largest absolute Gasteiger partial charge is 0.336 e. The van der Waals surface area contributed by atoms with Crippen LogP contribution in [0.3, 0.4) is 0 Å². The molecule has 0 unspecified atom stereocenters. The van der Waals surface area contributed by atoms with Gasteiger partial charge in [0.25, 0.3) is 5.91 Å². The quantitative estimate of drug-likeness (QED) is 0.795. The number of nitrogens with zero attached hydrogens (tertiary/aromatic N) is 3. The fraction of sp³-hybridized carbons (Fsp3) is 0.538. The van der Waals surface area contributed by atoms with Crippen molar-refractivity contribution in [2.75, 3.05) is 26.2 Å². The third kappa shape index (κ3) is 3.12. The van der Waals surface area contributed by atoms with Crippen molar-refractivity contribution < 1.29 is 13.2 Å². The second-order valence-electron chi connectivity index (χ2n) is 5.33. The molecule has 0 spiro atoms. The molecule has 21 heavy (non-hydrogen) atoms. The number of carbonyl (C=O) groups excluding carboxylic acids is 1. The number of hydrogen-bond donors (Lipinski definition) is 0. The van der Waals surface area contributed by atoms with Gasteiger partial charge in [-0.05, 0) is 34.8 Å². The van der Waals surface area contributed by atoms with E-state index < -0.39 is 10.0 Å². The molecule has 0 N–H and O–H groups in total. The summed E-state index contributed by atoms with van der Waals surface area (Å²) in [6, 6.07) is 1.72. The van der Waals surface area contributed by atoms with Gasteiger partial charge in [-0.2, -0.15) is 4.31 Å². The zero-order valence-corrected chi connectivity index (χ0v) is 13.8. The molecule has 1 aromatic heterocycles. The minimum Gasteiger partial charge on any atom is -0.336 e. The molecule has 1 amide bonds. The fourth-order valence-corrected chi connectivity index (χ4v) is 4.62. The molecule has 1 aromatic rings. The van der Waals surface area contributed by atoms with Gasteiger partial charge in [-0.15, -0.1) is 0 Å². The first-order valence-electron chi connectivity index (χ1n) is 6.87. The molecule has 1 aliphatic heterocycles. The van der Waals surface area contributed by atoms with Crippen molar-refractivity contribution >= 4 is 31.9 Å². The molecule has 3 rings (SSSR count). The average Bonchev–Trinajstić information content (AvgIpc) is 3.32.